The summed E-state index contributed by atoms with van der Waals surface area (Å²) in [5.74, 6) is 0.184. The van der Waals surface area contributed by atoms with Gasteiger partial charge in [-0.2, -0.15) is 0 Å². The molecule has 4 nitrogen and oxygen atoms in total. The van der Waals surface area contributed by atoms with E-state index in [0.717, 1.165) is 19.4 Å². The van der Waals surface area contributed by atoms with E-state index in [1.54, 1.807) is 0 Å². The zero-order chi connectivity index (χ0) is 11.3. The van der Waals surface area contributed by atoms with Crippen LogP contribution in [0.15, 0.2) is 0 Å². The molecule has 1 aliphatic rings. The van der Waals surface area contributed by atoms with Gasteiger partial charge in [-0.15, -0.1) is 0 Å². The van der Waals surface area contributed by atoms with Crippen LogP contribution in [0.2, 0.25) is 0 Å². The highest BCUT2D eigenvalue weighted by molar-refractivity contribution is 5.76. The van der Waals surface area contributed by atoms with Gasteiger partial charge >= 0.3 is 0 Å². The molecule has 1 fully saturated rings. The van der Waals surface area contributed by atoms with Crippen molar-refractivity contribution in [1.29, 1.82) is 0 Å². The molecule has 0 bridgehead atoms. The van der Waals surface area contributed by atoms with Gasteiger partial charge < -0.3 is 15.4 Å². The Hall–Kier alpha value is -0.610. The lowest BCUT2D eigenvalue weighted by Crippen LogP contribution is -2.40. The van der Waals surface area contributed by atoms with Gasteiger partial charge in [-0.25, -0.2) is 0 Å². The van der Waals surface area contributed by atoms with Crippen LogP contribution in [-0.4, -0.2) is 42.6 Å². The van der Waals surface area contributed by atoms with Gasteiger partial charge in [0.15, 0.2) is 0 Å². The number of likely N-dealkylation sites (tertiary alicyclic amines) is 1. The number of rotatable bonds is 5. The molecular weight excluding hydrogens is 192 g/mol. The molecule has 15 heavy (non-hydrogen) atoms. The molecule has 0 saturated carbocycles. The van der Waals surface area contributed by atoms with Gasteiger partial charge in [-0.1, -0.05) is 0 Å². The lowest BCUT2D eigenvalue weighted by Gasteiger charge is -2.23. The Bertz CT molecular complexity index is 207. The first-order valence-corrected chi connectivity index (χ1v) is 5.76. The predicted molar refractivity (Wildman–Crippen MR) is 59.5 cm³/mol. The Morgan fingerprint density at radius 2 is 2.33 bits per heavy atom. The lowest BCUT2D eigenvalue weighted by atomic mass is 10.2. The summed E-state index contributed by atoms with van der Waals surface area (Å²) in [4.78, 5) is 13.7. The third-order valence-electron chi connectivity index (χ3n) is 2.74. The topological polar surface area (TPSA) is 55.6 Å². The van der Waals surface area contributed by atoms with E-state index in [2.05, 4.69) is 0 Å². The molecule has 1 aliphatic heterocycles. The molecule has 0 aromatic carbocycles. The Morgan fingerprint density at radius 3 is 2.93 bits per heavy atom. The summed E-state index contributed by atoms with van der Waals surface area (Å²) >= 11 is 0. The average molecular weight is 214 g/mol. The minimum atomic E-state index is 0.184. The van der Waals surface area contributed by atoms with Crippen molar-refractivity contribution in [2.75, 3.05) is 19.7 Å². The molecule has 1 saturated heterocycles. The van der Waals surface area contributed by atoms with E-state index in [9.17, 15) is 4.79 Å². The highest BCUT2D eigenvalue weighted by atomic mass is 16.5. The van der Waals surface area contributed by atoms with E-state index >= 15 is 0 Å². The first-order valence-electron chi connectivity index (χ1n) is 5.76. The normalized spacial score (nSPS) is 21.3. The van der Waals surface area contributed by atoms with Crippen molar-refractivity contribution < 1.29 is 9.53 Å². The van der Waals surface area contributed by atoms with E-state index < -0.39 is 0 Å². The summed E-state index contributed by atoms with van der Waals surface area (Å²) in [7, 11) is 0. The number of nitrogens with two attached hydrogens (primary N) is 1. The van der Waals surface area contributed by atoms with Crippen molar-refractivity contribution >= 4 is 5.91 Å². The lowest BCUT2D eigenvalue weighted by molar-refractivity contribution is -0.133. The maximum atomic E-state index is 11.8. The van der Waals surface area contributed by atoms with Crippen LogP contribution in [0.25, 0.3) is 0 Å². The molecule has 0 aromatic rings. The first-order chi connectivity index (χ1) is 7.15. The van der Waals surface area contributed by atoms with Crippen LogP contribution in [-0.2, 0) is 9.53 Å². The molecule has 1 heterocycles. The molecule has 1 unspecified atom stereocenters. The molecule has 0 aromatic heterocycles. The monoisotopic (exact) mass is 214 g/mol. The maximum absolute atomic E-state index is 11.8. The van der Waals surface area contributed by atoms with Gasteiger partial charge in [0.1, 0.15) is 0 Å². The van der Waals surface area contributed by atoms with E-state index in [1.807, 2.05) is 18.7 Å². The summed E-state index contributed by atoms with van der Waals surface area (Å²) in [6.07, 6.45) is 2.81. The van der Waals surface area contributed by atoms with Crippen LogP contribution in [0, 0.1) is 0 Å². The Balaban J connectivity index is 2.27. The summed E-state index contributed by atoms with van der Waals surface area (Å²) in [6, 6.07) is 0.261. The number of nitrogens with zero attached hydrogens (tertiary/aromatic N) is 1. The van der Waals surface area contributed by atoms with Crippen molar-refractivity contribution in [2.24, 2.45) is 5.73 Å². The number of hydrogen-bond donors (Lipinski definition) is 1. The van der Waals surface area contributed by atoms with Crippen LogP contribution >= 0.6 is 0 Å². The largest absolute Gasteiger partial charge is 0.378 e. The van der Waals surface area contributed by atoms with Crippen molar-refractivity contribution in [3.8, 4) is 0 Å². The Kier molecular flexibility index (Phi) is 5.05. The fourth-order valence-electron chi connectivity index (χ4n) is 1.93. The Morgan fingerprint density at radius 1 is 1.60 bits per heavy atom. The fraction of sp³-hybridized carbons (Fsp3) is 0.909. The summed E-state index contributed by atoms with van der Waals surface area (Å²) < 4.78 is 5.36. The van der Waals surface area contributed by atoms with E-state index in [1.165, 1.54) is 0 Å². The van der Waals surface area contributed by atoms with Crippen LogP contribution in [0.3, 0.4) is 0 Å². The average Bonchev–Trinajstić information content (AvgIpc) is 2.64. The smallest absolute Gasteiger partial charge is 0.225 e. The van der Waals surface area contributed by atoms with Crippen LogP contribution in [0.1, 0.15) is 33.1 Å². The molecule has 4 heteroatoms. The summed E-state index contributed by atoms with van der Waals surface area (Å²) in [6.45, 7) is 5.91. The quantitative estimate of drug-likeness (QED) is 0.735. The molecule has 0 aliphatic carbocycles. The zero-order valence-corrected chi connectivity index (χ0v) is 9.74. The molecule has 1 rings (SSSR count). The van der Waals surface area contributed by atoms with Gasteiger partial charge in [0.05, 0.1) is 19.1 Å². The fourth-order valence-corrected chi connectivity index (χ4v) is 1.93. The summed E-state index contributed by atoms with van der Waals surface area (Å²) in [5.41, 5.74) is 5.61. The second kappa shape index (κ2) is 6.08. The number of amides is 1. The molecule has 1 amide bonds. The third-order valence-corrected chi connectivity index (χ3v) is 2.74. The molecule has 2 N–H and O–H groups in total. The van der Waals surface area contributed by atoms with Crippen molar-refractivity contribution in [3.05, 3.63) is 0 Å². The maximum Gasteiger partial charge on any atom is 0.225 e. The second-order valence-electron chi connectivity index (χ2n) is 4.29. The minimum Gasteiger partial charge on any atom is -0.378 e. The van der Waals surface area contributed by atoms with Crippen LogP contribution < -0.4 is 5.73 Å². The van der Waals surface area contributed by atoms with Gasteiger partial charge in [0.2, 0.25) is 5.91 Å². The molecule has 1 atom stereocenters. The number of ether oxygens (including phenoxy) is 1. The highest BCUT2D eigenvalue weighted by Crippen LogP contribution is 2.17. The van der Waals surface area contributed by atoms with Gasteiger partial charge in [-0.3, -0.25) is 4.79 Å². The van der Waals surface area contributed by atoms with Gasteiger partial charge in [-0.05, 0) is 26.7 Å². The minimum absolute atomic E-state index is 0.184. The van der Waals surface area contributed by atoms with Crippen LogP contribution in [0.5, 0.6) is 0 Å². The van der Waals surface area contributed by atoms with Crippen LogP contribution in [0.4, 0.5) is 0 Å². The van der Waals surface area contributed by atoms with Crippen molar-refractivity contribution in [1.82, 2.24) is 4.90 Å². The Labute approximate surface area is 91.8 Å². The van der Waals surface area contributed by atoms with Crippen molar-refractivity contribution in [2.45, 2.75) is 45.3 Å². The first kappa shape index (κ1) is 12.5. The molecule has 88 valence electrons. The van der Waals surface area contributed by atoms with E-state index in [0.29, 0.717) is 19.6 Å². The number of carbonyl (C=O) groups is 1. The van der Waals surface area contributed by atoms with E-state index in [-0.39, 0.29) is 18.1 Å². The molecular formula is C11H22N2O2. The SMILES string of the molecule is CC(C)OCCC(=O)N1CCCC1CN. The summed E-state index contributed by atoms with van der Waals surface area (Å²) in [5, 5.41) is 0. The van der Waals surface area contributed by atoms with E-state index in [4.69, 9.17) is 10.5 Å². The number of carbonyl (C=O) groups excluding carboxylic acids is 1. The van der Waals surface area contributed by atoms with Crippen molar-refractivity contribution in [3.63, 3.8) is 0 Å². The van der Waals surface area contributed by atoms with Gasteiger partial charge in [0.25, 0.3) is 0 Å². The standard InChI is InChI=1S/C11H22N2O2/c1-9(2)15-7-5-11(14)13-6-3-4-10(13)8-12/h9-10H,3-8,12H2,1-2H3. The third kappa shape index (κ3) is 3.80. The highest BCUT2D eigenvalue weighted by Gasteiger charge is 2.26. The molecule has 0 spiro atoms. The van der Waals surface area contributed by atoms with Gasteiger partial charge in [0, 0.05) is 19.1 Å². The number of hydrogen-bond acceptors (Lipinski definition) is 3. The zero-order valence-electron chi connectivity index (χ0n) is 9.74. The second-order valence-corrected chi connectivity index (χ2v) is 4.29. The molecule has 0 radical (unpaired) electrons. The predicted octanol–water partition coefficient (Wildman–Crippen LogP) is 0.751.